The molecule has 1 aromatic heterocycles. The number of fused-ring (bicyclic) bond motifs is 1. The second kappa shape index (κ2) is 8.72. The molecule has 8 nitrogen and oxygen atoms in total. The maximum atomic E-state index is 12.4. The molecule has 3 heterocycles. The van der Waals surface area contributed by atoms with Crippen molar-refractivity contribution in [2.75, 3.05) is 39.3 Å². The summed E-state index contributed by atoms with van der Waals surface area (Å²) in [6.45, 7) is 6.88. The maximum absolute atomic E-state index is 12.4. The van der Waals surface area contributed by atoms with Crippen molar-refractivity contribution in [2.24, 2.45) is 11.3 Å². The Morgan fingerprint density at radius 2 is 2.00 bits per heavy atom. The summed E-state index contributed by atoms with van der Waals surface area (Å²) in [6.07, 6.45) is 3.74. The van der Waals surface area contributed by atoms with Crippen LogP contribution in [0.4, 0.5) is 0 Å². The Morgan fingerprint density at radius 3 is 2.65 bits per heavy atom. The fourth-order valence-corrected chi connectivity index (χ4v) is 4.76. The van der Waals surface area contributed by atoms with Crippen molar-refractivity contribution in [1.29, 1.82) is 0 Å². The number of rotatable bonds is 6. The van der Waals surface area contributed by atoms with Gasteiger partial charge in [0.2, 0.25) is 11.8 Å². The Hall–Kier alpha value is -2.84. The number of nitrogens with one attached hydrogen (secondary N) is 1. The highest BCUT2D eigenvalue weighted by Gasteiger charge is 2.52. The Bertz CT molecular complexity index is 964. The number of carbonyl (C=O) groups excluding carboxylic acids is 2. The standard InChI is InChI=1S/C23H29N5O3/c1-16-4-3-5-19(6-16)22-25-7-18(8-26-22)10-27-11-20-12-28(14-23(20,13-27)15-29)21(31)9-24-17(2)30/h3-8,20,29H,9-15H2,1-2H3,(H,24,30)/t20-,23+/m0/s1. The summed E-state index contributed by atoms with van der Waals surface area (Å²) in [5.41, 5.74) is 2.90. The maximum Gasteiger partial charge on any atom is 0.241 e. The normalized spacial score (nSPS) is 23.1. The van der Waals surface area contributed by atoms with Gasteiger partial charge in [0.1, 0.15) is 0 Å². The van der Waals surface area contributed by atoms with Crippen LogP contribution in [0.2, 0.25) is 0 Å². The lowest BCUT2D eigenvalue weighted by Crippen LogP contribution is -2.42. The van der Waals surface area contributed by atoms with Crippen LogP contribution < -0.4 is 5.32 Å². The molecule has 2 aliphatic rings. The topological polar surface area (TPSA) is 98.7 Å². The first-order valence-electron chi connectivity index (χ1n) is 10.6. The Balaban J connectivity index is 1.37. The third-order valence-electron chi connectivity index (χ3n) is 6.37. The van der Waals surface area contributed by atoms with Gasteiger partial charge in [0.15, 0.2) is 5.82 Å². The van der Waals surface area contributed by atoms with Crippen LogP contribution in [-0.4, -0.2) is 76.0 Å². The zero-order chi connectivity index (χ0) is 22.0. The van der Waals surface area contributed by atoms with Gasteiger partial charge in [-0.2, -0.15) is 0 Å². The highest BCUT2D eigenvalue weighted by Crippen LogP contribution is 2.42. The number of aryl methyl sites for hydroxylation is 1. The number of carbonyl (C=O) groups is 2. The number of aromatic nitrogens is 2. The van der Waals surface area contributed by atoms with Crippen LogP contribution in [0.15, 0.2) is 36.7 Å². The number of amides is 2. The molecule has 8 heteroatoms. The van der Waals surface area contributed by atoms with Gasteiger partial charge in [-0.25, -0.2) is 9.97 Å². The number of nitrogens with zero attached hydrogens (tertiary/aromatic N) is 4. The summed E-state index contributed by atoms with van der Waals surface area (Å²) in [5, 5.41) is 12.7. The molecule has 2 atom stereocenters. The highest BCUT2D eigenvalue weighted by molar-refractivity contribution is 5.84. The average molecular weight is 424 g/mol. The molecule has 2 aliphatic heterocycles. The molecule has 0 bridgehead atoms. The van der Waals surface area contributed by atoms with E-state index in [0.717, 1.165) is 24.2 Å². The van der Waals surface area contributed by atoms with Crippen molar-refractivity contribution in [1.82, 2.24) is 25.1 Å². The van der Waals surface area contributed by atoms with E-state index in [2.05, 4.69) is 26.3 Å². The van der Waals surface area contributed by atoms with Gasteiger partial charge in [0, 0.05) is 68.6 Å². The largest absolute Gasteiger partial charge is 0.396 e. The first-order valence-corrected chi connectivity index (χ1v) is 10.6. The van der Waals surface area contributed by atoms with Gasteiger partial charge in [-0.05, 0) is 18.9 Å². The van der Waals surface area contributed by atoms with Crippen LogP contribution >= 0.6 is 0 Å². The predicted molar refractivity (Wildman–Crippen MR) is 116 cm³/mol. The molecular weight excluding hydrogens is 394 g/mol. The highest BCUT2D eigenvalue weighted by atomic mass is 16.3. The number of aliphatic hydroxyl groups is 1. The van der Waals surface area contributed by atoms with Crippen molar-refractivity contribution in [3.63, 3.8) is 0 Å². The molecule has 2 aromatic rings. The van der Waals surface area contributed by atoms with Crippen molar-refractivity contribution in [3.05, 3.63) is 47.8 Å². The van der Waals surface area contributed by atoms with Gasteiger partial charge < -0.3 is 15.3 Å². The van der Waals surface area contributed by atoms with Gasteiger partial charge in [-0.15, -0.1) is 0 Å². The number of benzene rings is 1. The van der Waals surface area contributed by atoms with Gasteiger partial charge in [0.25, 0.3) is 0 Å². The van der Waals surface area contributed by atoms with Gasteiger partial charge in [-0.3, -0.25) is 14.5 Å². The SMILES string of the molecule is CC(=O)NCC(=O)N1C[C@@H]2CN(Cc3cnc(-c4cccc(C)c4)nc3)C[C@]2(CO)C1. The second-order valence-corrected chi connectivity index (χ2v) is 8.86. The van der Waals surface area contributed by atoms with Crippen LogP contribution in [0, 0.1) is 18.3 Å². The van der Waals surface area contributed by atoms with Crippen molar-refractivity contribution in [3.8, 4) is 11.4 Å². The van der Waals surface area contributed by atoms with E-state index in [1.807, 2.05) is 37.5 Å². The third kappa shape index (κ3) is 4.60. The lowest BCUT2D eigenvalue weighted by Gasteiger charge is -2.27. The third-order valence-corrected chi connectivity index (χ3v) is 6.37. The second-order valence-electron chi connectivity index (χ2n) is 8.86. The van der Waals surface area contributed by atoms with Gasteiger partial charge in [0.05, 0.1) is 13.2 Å². The van der Waals surface area contributed by atoms with E-state index in [4.69, 9.17) is 0 Å². The molecule has 0 aliphatic carbocycles. The van der Waals surface area contributed by atoms with Crippen molar-refractivity contribution in [2.45, 2.75) is 20.4 Å². The molecule has 2 N–H and O–H groups in total. The Kier molecular flexibility index (Phi) is 6.02. The fraction of sp³-hybridized carbons (Fsp3) is 0.478. The minimum Gasteiger partial charge on any atom is -0.396 e. The summed E-state index contributed by atoms with van der Waals surface area (Å²) in [5.74, 6) is 0.618. The lowest BCUT2D eigenvalue weighted by molar-refractivity contribution is -0.132. The Morgan fingerprint density at radius 1 is 1.23 bits per heavy atom. The molecule has 1 aromatic carbocycles. The monoisotopic (exact) mass is 423 g/mol. The number of likely N-dealkylation sites (tertiary alicyclic amines) is 2. The van der Waals surface area contributed by atoms with E-state index >= 15 is 0 Å². The first-order chi connectivity index (χ1) is 14.9. The van der Waals surface area contributed by atoms with Crippen molar-refractivity contribution >= 4 is 11.8 Å². The fourth-order valence-electron chi connectivity index (χ4n) is 4.76. The summed E-state index contributed by atoms with van der Waals surface area (Å²) >= 11 is 0. The molecule has 4 rings (SSSR count). The van der Waals surface area contributed by atoms with Crippen LogP contribution in [0.25, 0.3) is 11.4 Å². The average Bonchev–Trinajstić information content (AvgIpc) is 3.26. The molecule has 0 radical (unpaired) electrons. The molecule has 2 fully saturated rings. The number of hydrogen-bond donors (Lipinski definition) is 2. The summed E-state index contributed by atoms with van der Waals surface area (Å²) in [4.78, 5) is 36.6. The predicted octanol–water partition coefficient (Wildman–Crippen LogP) is 0.841. The molecule has 31 heavy (non-hydrogen) atoms. The Labute approximate surface area is 182 Å². The minimum atomic E-state index is -0.311. The van der Waals surface area contributed by atoms with Crippen LogP contribution in [-0.2, 0) is 16.1 Å². The lowest BCUT2D eigenvalue weighted by atomic mass is 9.82. The van der Waals surface area contributed by atoms with Gasteiger partial charge in [-0.1, -0.05) is 23.8 Å². The minimum absolute atomic E-state index is 0.0118. The first kappa shape index (κ1) is 21.4. The van der Waals surface area contributed by atoms with Crippen LogP contribution in [0.3, 0.4) is 0 Å². The summed E-state index contributed by atoms with van der Waals surface area (Å²) in [7, 11) is 0. The van der Waals surface area contributed by atoms with E-state index in [1.165, 1.54) is 12.5 Å². The zero-order valence-electron chi connectivity index (χ0n) is 18.0. The van der Waals surface area contributed by atoms with Crippen LogP contribution in [0.5, 0.6) is 0 Å². The molecule has 0 spiro atoms. The summed E-state index contributed by atoms with van der Waals surface area (Å²) < 4.78 is 0. The van der Waals surface area contributed by atoms with E-state index in [1.54, 1.807) is 4.90 Å². The zero-order valence-corrected chi connectivity index (χ0v) is 18.0. The summed E-state index contributed by atoms with van der Waals surface area (Å²) in [6, 6.07) is 8.13. The smallest absolute Gasteiger partial charge is 0.241 e. The molecule has 2 saturated heterocycles. The molecule has 0 saturated carbocycles. The quantitative estimate of drug-likeness (QED) is 0.715. The molecule has 0 unspecified atom stereocenters. The molecule has 164 valence electrons. The van der Waals surface area contributed by atoms with E-state index < -0.39 is 0 Å². The van der Waals surface area contributed by atoms with Crippen LogP contribution in [0.1, 0.15) is 18.1 Å². The van der Waals surface area contributed by atoms with Gasteiger partial charge >= 0.3 is 0 Å². The number of hydrogen-bond acceptors (Lipinski definition) is 6. The van der Waals surface area contributed by atoms with E-state index in [0.29, 0.717) is 25.5 Å². The van der Waals surface area contributed by atoms with Crippen molar-refractivity contribution < 1.29 is 14.7 Å². The number of aliphatic hydroxyl groups excluding tert-OH is 1. The van der Waals surface area contributed by atoms with E-state index in [9.17, 15) is 14.7 Å². The van der Waals surface area contributed by atoms with E-state index in [-0.39, 0.29) is 36.3 Å². The molecule has 2 amide bonds. The molecular formula is C23H29N5O3.